The van der Waals surface area contributed by atoms with Gasteiger partial charge in [-0.1, -0.05) is 43.7 Å². The standard InChI is InChI=1S/C16H25NO2S/c1-2-3-11-19-12-7-10-17-16(18)14-20-13-15-8-5-4-6-9-15/h4-6,8-9H,2-3,7,10-14H2,1H3,(H,17,18). The summed E-state index contributed by atoms with van der Waals surface area (Å²) in [6.07, 6.45) is 3.16. The summed E-state index contributed by atoms with van der Waals surface area (Å²) in [6, 6.07) is 10.2. The maximum Gasteiger partial charge on any atom is 0.230 e. The van der Waals surface area contributed by atoms with Gasteiger partial charge in [-0.3, -0.25) is 4.79 Å². The number of hydrogen-bond acceptors (Lipinski definition) is 3. The first-order valence-electron chi connectivity index (χ1n) is 7.29. The summed E-state index contributed by atoms with van der Waals surface area (Å²) in [5.74, 6) is 1.51. The molecule has 1 aromatic carbocycles. The smallest absolute Gasteiger partial charge is 0.230 e. The normalized spacial score (nSPS) is 10.4. The minimum absolute atomic E-state index is 0.111. The van der Waals surface area contributed by atoms with Gasteiger partial charge in [-0.25, -0.2) is 0 Å². The fourth-order valence-corrected chi connectivity index (χ4v) is 2.46. The lowest BCUT2D eigenvalue weighted by molar-refractivity contribution is -0.118. The Labute approximate surface area is 126 Å². The molecule has 0 saturated carbocycles. The summed E-state index contributed by atoms with van der Waals surface area (Å²) in [4.78, 5) is 11.6. The number of hydrogen-bond donors (Lipinski definition) is 1. The van der Waals surface area contributed by atoms with Crippen molar-refractivity contribution in [3.05, 3.63) is 35.9 Å². The first-order chi connectivity index (χ1) is 9.83. The average Bonchev–Trinajstić information content (AvgIpc) is 2.47. The fraction of sp³-hybridized carbons (Fsp3) is 0.562. The van der Waals surface area contributed by atoms with Gasteiger partial charge in [0.25, 0.3) is 0 Å². The summed E-state index contributed by atoms with van der Waals surface area (Å²) in [5.41, 5.74) is 1.26. The highest BCUT2D eigenvalue weighted by molar-refractivity contribution is 7.99. The number of unbranched alkanes of at least 4 members (excludes halogenated alkanes) is 1. The number of ether oxygens (including phenoxy) is 1. The summed E-state index contributed by atoms with van der Waals surface area (Å²) in [6.45, 7) is 4.42. The van der Waals surface area contributed by atoms with Crippen LogP contribution >= 0.6 is 11.8 Å². The molecule has 0 aliphatic carbocycles. The molecule has 0 aromatic heterocycles. The fourth-order valence-electron chi connectivity index (χ4n) is 1.64. The second kappa shape index (κ2) is 11.8. The lowest BCUT2D eigenvalue weighted by Crippen LogP contribution is -2.27. The molecule has 3 nitrogen and oxygen atoms in total. The summed E-state index contributed by atoms with van der Waals surface area (Å²) < 4.78 is 5.44. The highest BCUT2D eigenvalue weighted by atomic mass is 32.2. The lowest BCUT2D eigenvalue weighted by atomic mass is 10.2. The quantitative estimate of drug-likeness (QED) is 0.637. The Morgan fingerprint density at radius 2 is 1.95 bits per heavy atom. The molecule has 1 aromatic rings. The van der Waals surface area contributed by atoms with E-state index in [1.807, 2.05) is 18.2 Å². The van der Waals surface area contributed by atoms with Gasteiger partial charge in [-0.05, 0) is 18.4 Å². The summed E-state index contributed by atoms with van der Waals surface area (Å²) in [7, 11) is 0. The first-order valence-corrected chi connectivity index (χ1v) is 8.44. The third kappa shape index (κ3) is 8.99. The molecule has 0 spiro atoms. The number of amides is 1. The van der Waals surface area contributed by atoms with E-state index >= 15 is 0 Å². The van der Waals surface area contributed by atoms with Gasteiger partial charge in [0.1, 0.15) is 0 Å². The number of rotatable bonds is 11. The summed E-state index contributed by atoms with van der Waals surface area (Å²) in [5, 5.41) is 2.92. The topological polar surface area (TPSA) is 38.3 Å². The van der Waals surface area contributed by atoms with E-state index in [2.05, 4.69) is 24.4 Å². The molecule has 0 heterocycles. The van der Waals surface area contributed by atoms with Gasteiger partial charge in [-0.2, -0.15) is 0 Å². The highest BCUT2D eigenvalue weighted by Gasteiger charge is 2.01. The van der Waals surface area contributed by atoms with Crippen LogP contribution in [0.1, 0.15) is 31.7 Å². The van der Waals surface area contributed by atoms with Crippen molar-refractivity contribution in [3.8, 4) is 0 Å². The van der Waals surface area contributed by atoms with Crippen molar-refractivity contribution in [2.24, 2.45) is 0 Å². The molecule has 1 rings (SSSR count). The Bertz CT molecular complexity index is 357. The molecule has 0 unspecified atom stereocenters. The van der Waals surface area contributed by atoms with Crippen LogP contribution < -0.4 is 5.32 Å². The zero-order valence-electron chi connectivity index (χ0n) is 12.3. The van der Waals surface area contributed by atoms with Crippen LogP contribution in [0.15, 0.2) is 30.3 Å². The van der Waals surface area contributed by atoms with Gasteiger partial charge < -0.3 is 10.1 Å². The number of carbonyl (C=O) groups is 1. The van der Waals surface area contributed by atoms with Crippen molar-refractivity contribution in [3.63, 3.8) is 0 Å². The van der Waals surface area contributed by atoms with Crippen molar-refractivity contribution >= 4 is 17.7 Å². The van der Waals surface area contributed by atoms with Gasteiger partial charge >= 0.3 is 0 Å². The van der Waals surface area contributed by atoms with E-state index < -0.39 is 0 Å². The van der Waals surface area contributed by atoms with E-state index in [9.17, 15) is 4.79 Å². The van der Waals surface area contributed by atoms with E-state index in [0.717, 1.165) is 38.2 Å². The molecule has 4 heteroatoms. The number of thioether (sulfide) groups is 1. The van der Waals surface area contributed by atoms with Crippen molar-refractivity contribution in [2.75, 3.05) is 25.5 Å². The number of carbonyl (C=O) groups excluding carboxylic acids is 1. The van der Waals surface area contributed by atoms with Crippen LogP contribution in [0.25, 0.3) is 0 Å². The molecule has 0 saturated heterocycles. The Morgan fingerprint density at radius 1 is 1.20 bits per heavy atom. The molecule has 0 aliphatic rings. The Kier molecular flexibility index (Phi) is 10.1. The molecule has 0 radical (unpaired) electrons. The van der Waals surface area contributed by atoms with Gasteiger partial charge in [0.05, 0.1) is 5.75 Å². The van der Waals surface area contributed by atoms with Crippen molar-refractivity contribution < 1.29 is 9.53 Å². The monoisotopic (exact) mass is 295 g/mol. The molecule has 20 heavy (non-hydrogen) atoms. The van der Waals surface area contributed by atoms with Crippen molar-refractivity contribution in [1.29, 1.82) is 0 Å². The van der Waals surface area contributed by atoms with Gasteiger partial charge in [-0.15, -0.1) is 11.8 Å². The molecular weight excluding hydrogens is 270 g/mol. The Hall–Kier alpha value is -1.00. The average molecular weight is 295 g/mol. The van der Waals surface area contributed by atoms with Crippen LogP contribution in [0.5, 0.6) is 0 Å². The predicted molar refractivity (Wildman–Crippen MR) is 86.0 cm³/mol. The van der Waals surface area contributed by atoms with E-state index in [4.69, 9.17) is 4.74 Å². The molecule has 1 N–H and O–H groups in total. The molecule has 112 valence electrons. The zero-order valence-corrected chi connectivity index (χ0v) is 13.1. The highest BCUT2D eigenvalue weighted by Crippen LogP contribution is 2.10. The van der Waals surface area contributed by atoms with Gasteiger partial charge in [0, 0.05) is 25.5 Å². The third-order valence-electron chi connectivity index (χ3n) is 2.77. The van der Waals surface area contributed by atoms with Crippen LogP contribution in [-0.2, 0) is 15.3 Å². The van der Waals surface area contributed by atoms with Crippen molar-refractivity contribution in [1.82, 2.24) is 5.32 Å². The first kappa shape index (κ1) is 17.1. The second-order valence-corrected chi connectivity index (χ2v) is 5.63. The number of nitrogens with one attached hydrogen (secondary N) is 1. The van der Waals surface area contributed by atoms with E-state index in [0.29, 0.717) is 12.3 Å². The number of benzene rings is 1. The summed E-state index contributed by atoms with van der Waals surface area (Å²) >= 11 is 1.65. The van der Waals surface area contributed by atoms with Gasteiger partial charge in [0.2, 0.25) is 5.91 Å². The molecule has 0 aliphatic heterocycles. The predicted octanol–water partition coefficient (Wildman–Crippen LogP) is 3.24. The molecule has 0 atom stereocenters. The molecular formula is C16H25NO2S. The van der Waals surface area contributed by atoms with Crippen LogP contribution in [0.2, 0.25) is 0 Å². The maximum atomic E-state index is 11.6. The minimum Gasteiger partial charge on any atom is -0.381 e. The maximum absolute atomic E-state index is 11.6. The molecule has 0 bridgehead atoms. The van der Waals surface area contributed by atoms with E-state index in [1.54, 1.807) is 11.8 Å². The molecule has 1 amide bonds. The van der Waals surface area contributed by atoms with Crippen molar-refractivity contribution in [2.45, 2.75) is 31.9 Å². The van der Waals surface area contributed by atoms with Crippen LogP contribution in [0.3, 0.4) is 0 Å². The Balaban J connectivity index is 1.93. The molecule has 0 fully saturated rings. The van der Waals surface area contributed by atoms with E-state index in [-0.39, 0.29) is 5.91 Å². The van der Waals surface area contributed by atoms with Crippen LogP contribution in [0.4, 0.5) is 0 Å². The van der Waals surface area contributed by atoms with E-state index in [1.165, 1.54) is 5.56 Å². The minimum atomic E-state index is 0.111. The lowest BCUT2D eigenvalue weighted by Gasteiger charge is -2.06. The van der Waals surface area contributed by atoms with Crippen LogP contribution in [0, 0.1) is 0 Å². The second-order valence-electron chi connectivity index (χ2n) is 4.65. The van der Waals surface area contributed by atoms with Crippen LogP contribution in [-0.4, -0.2) is 31.4 Å². The third-order valence-corrected chi connectivity index (χ3v) is 3.78. The zero-order chi connectivity index (χ0) is 14.5. The largest absolute Gasteiger partial charge is 0.381 e. The Morgan fingerprint density at radius 3 is 2.70 bits per heavy atom. The van der Waals surface area contributed by atoms with Gasteiger partial charge in [0.15, 0.2) is 0 Å². The SMILES string of the molecule is CCCCOCCCNC(=O)CSCc1ccccc1.